The molecule has 6 heteroatoms. The van der Waals surface area contributed by atoms with Gasteiger partial charge in [-0.05, 0) is 24.1 Å². The number of aromatic nitrogens is 2. The zero-order valence-electron chi connectivity index (χ0n) is 14.1. The standard InChI is InChI=1S/C19H19N3O3/c1-11(2)9-22-10-21-19-17(18(22)20)16(14-4-3-7-24-14)13-6-5-12(23)8-15(13)25-19/h3-8,10-11,16,20,23H,9H2,1-2H3/p+1/t16-/m1/s1. The maximum absolute atomic E-state index is 9.80. The molecule has 0 spiro atoms. The lowest BCUT2D eigenvalue weighted by Crippen LogP contribution is -2.41. The lowest BCUT2D eigenvalue weighted by Gasteiger charge is -2.25. The number of nitrogen functional groups attached to an aromatic ring is 1. The molecule has 0 aliphatic carbocycles. The van der Waals surface area contributed by atoms with Gasteiger partial charge in [-0.25, -0.2) is 4.57 Å². The number of nitrogens with two attached hydrogens (primary N) is 1. The van der Waals surface area contributed by atoms with E-state index in [2.05, 4.69) is 18.8 Å². The monoisotopic (exact) mass is 338 g/mol. The van der Waals surface area contributed by atoms with Crippen LogP contribution in [0.3, 0.4) is 0 Å². The molecule has 0 fully saturated rings. The van der Waals surface area contributed by atoms with Crippen molar-refractivity contribution in [3.63, 3.8) is 0 Å². The smallest absolute Gasteiger partial charge is 0.306 e. The van der Waals surface area contributed by atoms with Crippen LogP contribution in [0.4, 0.5) is 5.82 Å². The highest BCUT2D eigenvalue weighted by Gasteiger charge is 2.37. The molecule has 6 nitrogen and oxygen atoms in total. The Hall–Kier alpha value is -3.02. The minimum absolute atomic E-state index is 0.138. The van der Waals surface area contributed by atoms with Gasteiger partial charge in [-0.1, -0.05) is 24.9 Å². The van der Waals surface area contributed by atoms with E-state index in [1.807, 2.05) is 22.8 Å². The average molecular weight is 338 g/mol. The second kappa shape index (κ2) is 5.81. The Bertz CT molecular complexity index is 920. The summed E-state index contributed by atoms with van der Waals surface area (Å²) in [6, 6.07) is 8.81. The Labute approximate surface area is 145 Å². The van der Waals surface area contributed by atoms with Gasteiger partial charge in [-0.15, -0.1) is 0 Å². The maximum Gasteiger partial charge on any atom is 0.306 e. The van der Waals surface area contributed by atoms with Gasteiger partial charge in [0.25, 0.3) is 0 Å². The predicted octanol–water partition coefficient (Wildman–Crippen LogP) is 3.19. The predicted molar refractivity (Wildman–Crippen MR) is 91.5 cm³/mol. The highest BCUT2D eigenvalue weighted by Crippen LogP contribution is 2.48. The van der Waals surface area contributed by atoms with Gasteiger partial charge in [0.15, 0.2) is 0 Å². The van der Waals surface area contributed by atoms with E-state index in [1.54, 1.807) is 24.7 Å². The molecule has 128 valence electrons. The number of fused-ring (bicyclic) bond motifs is 2. The number of phenolic OH excluding ortho intramolecular Hbond substituents is 1. The first-order chi connectivity index (χ1) is 12.0. The molecule has 3 aromatic rings. The summed E-state index contributed by atoms with van der Waals surface area (Å²) in [5, 5.41) is 9.80. The number of aromatic hydroxyl groups is 1. The highest BCUT2D eigenvalue weighted by atomic mass is 16.5. The van der Waals surface area contributed by atoms with Crippen molar-refractivity contribution in [3.05, 3.63) is 59.8 Å². The minimum Gasteiger partial charge on any atom is -0.508 e. The van der Waals surface area contributed by atoms with Crippen molar-refractivity contribution in [2.24, 2.45) is 5.92 Å². The number of hydrogen-bond acceptors (Lipinski definition) is 5. The van der Waals surface area contributed by atoms with Crippen LogP contribution in [-0.4, -0.2) is 10.1 Å². The van der Waals surface area contributed by atoms with Crippen LogP contribution in [0.1, 0.15) is 36.7 Å². The summed E-state index contributed by atoms with van der Waals surface area (Å²) in [6.45, 7) is 5.02. The fourth-order valence-electron chi connectivity index (χ4n) is 3.27. The zero-order valence-corrected chi connectivity index (χ0v) is 14.1. The van der Waals surface area contributed by atoms with E-state index in [0.717, 1.165) is 23.4 Å². The third-order valence-electron chi connectivity index (χ3n) is 4.32. The van der Waals surface area contributed by atoms with Crippen LogP contribution in [0.25, 0.3) is 0 Å². The van der Waals surface area contributed by atoms with Crippen molar-refractivity contribution in [2.45, 2.75) is 26.3 Å². The summed E-state index contributed by atoms with van der Waals surface area (Å²) in [4.78, 5) is 4.46. The van der Waals surface area contributed by atoms with Gasteiger partial charge in [-0.2, -0.15) is 0 Å². The summed E-state index contributed by atoms with van der Waals surface area (Å²) >= 11 is 0. The molecule has 1 aromatic carbocycles. The van der Waals surface area contributed by atoms with Crippen molar-refractivity contribution in [1.82, 2.24) is 4.98 Å². The Balaban J connectivity index is 1.94. The van der Waals surface area contributed by atoms with Crippen molar-refractivity contribution < 1.29 is 18.8 Å². The molecule has 1 aliphatic heterocycles. The summed E-state index contributed by atoms with van der Waals surface area (Å²) in [7, 11) is 0. The molecule has 25 heavy (non-hydrogen) atoms. The van der Waals surface area contributed by atoms with Crippen molar-refractivity contribution >= 4 is 5.82 Å². The van der Waals surface area contributed by atoms with Crippen LogP contribution in [0.2, 0.25) is 0 Å². The molecule has 1 atom stereocenters. The third-order valence-corrected chi connectivity index (χ3v) is 4.32. The van der Waals surface area contributed by atoms with Crippen LogP contribution < -0.4 is 15.0 Å². The summed E-state index contributed by atoms with van der Waals surface area (Å²) in [5.74, 6) is 2.70. The Morgan fingerprint density at radius 1 is 1.32 bits per heavy atom. The lowest BCUT2D eigenvalue weighted by molar-refractivity contribution is -0.691. The van der Waals surface area contributed by atoms with Gasteiger partial charge in [0, 0.05) is 11.6 Å². The van der Waals surface area contributed by atoms with E-state index in [0.29, 0.717) is 23.4 Å². The second-order valence-corrected chi connectivity index (χ2v) is 6.67. The average Bonchev–Trinajstić information content (AvgIpc) is 3.09. The van der Waals surface area contributed by atoms with E-state index < -0.39 is 0 Å². The first kappa shape index (κ1) is 15.5. The number of hydrogen-bond donors (Lipinski definition) is 2. The van der Waals surface area contributed by atoms with Gasteiger partial charge in [0.1, 0.15) is 22.8 Å². The fourth-order valence-corrected chi connectivity index (χ4v) is 3.27. The van der Waals surface area contributed by atoms with E-state index in [9.17, 15) is 5.11 Å². The molecular formula is C19H20N3O3+. The first-order valence-electron chi connectivity index (χ1n) is 8.26. The zero-order chi connectivity index (χ0) is 17.6. The van der Waals surface area contributed by atoms with Gasteiger partial charge in [-0.3, -0.25) is 0 Å². The maximum atomic E-state index is 9.80. The normalized spacial score (nSPS) is 15.6. The van der Waals surface area contributed by atoms with E-state index in [-0.39, 0.29) is 11.7 Å². The molecule has 0 amide bonds. The molecule has 3 heterocycles. The summed E-state index contributed by atoms with van der Waals surface area (Å²) in [6.07, 6.45) is 3.33. The summed E-state index contributed by atoms with van der Waals surface area (Å²) in [5.41, 5.74) is 8.16. The molecular weight excluding hydrogens is 318 g/mol. The molecule has 0 saturated heterocycles. The van der Waals surface area contributed by atoms with Gasteiger partial charge in [0.2, 0.25) is 12.1 Å². The first-order valence-corrected chi connectivity index (χ1v) is 8.26. The number of phenols is 1. The Kier molecular flexibility index (Phi) is 3.60. The van der Waals surface area contributed by atoms with Gasteiger partial charge < -0.3 is 20.0 Å². The quantitative estimate of drug-likeness (QED) is 0.560. The minimum atomic E-state index is -0.235. The number of ether oxygens (including phenoxy) is 1. The van der Waals surface area contributed by atoms with Crippen LogP contribution in [0.5, 0.6) is 17.4 Å². The molecule has 0 radical (unpaired) electrons. The number of furan rings is 1. The Morgan fingerprint density at radius 3 is 2.88 bits per heavy atom. The van der Waals surface area contributed by atoms with E-state index in [4.69, 9.17) is 14.9 Å². The van der Waals surface area contributed by atoms with Gasteiger partial charge in [0.05, 0.1) is 18.7 Å². The van der Waals surface area contributed by atoms with Crippen LogP contribution >= 0.6 is 0 Å². The number of nitrogens with zero attached hydrogens (tertiary/aromatic N) is 2. The molecule has 1 aliphatic rings. The van der Waals surface area contributed by atoms with Crippen molar-refractivity contribution in [3.8, 4) is 17.4 Å². The SMILES string of the molecule is CC(C)C[n+]1cnc2c(c1N)[C@@H](c1ccco1)c1ccc(O)cc1O2. The van der Waals surface area contributed by atoms with Crippen molar-refractivity contribution in [2.75, 3.05) is 5.73 Å². The van der Waals surface area contributed by atoms with Crippen LogP contribution in [0.15, 0.2) is 47.3 Å². The molecule has 4 rings (SSSR count). The summed E-state index contributed by atoms with van der Waals surface area (Å²) < 4.78 is 13.5. The number of anilines is 1. The molecule has 2 aromatic heterocycles. The molecule has 0 bridgehead atoms. The van der Waals surface area contributed by atoms with Gasteiger partial charge >= 0.3 is 5.88 Å². The Morgan fingerprint density at radius 2 is 2.16 bits per heavy atom. The van der Waals surface area contributed by atoms with E-state index in [1.165, 1.54) is 0 Å². The number of benzene rings is 1. The van der Waals surface area contributed by atoms with Crippen LogP contribution in [-0.2, 0) is 6.54 Å². The molecule has 0 unspecified atom stereocenters. The largest absolute Gasteiger partial charge is 0.508 e. The second-order valence-electron chi connectivity index (χ2n) is 6.67. The van der Waals surface area contributed by atoms with Crippen molar-refractivity contribution in [1.29, 1.82) is 0 Å². The topological polar surface area (TPSA) is 85.4 Å². The number of rotatable bonds is 3. The van der Waals surface area contributed by atoms with Crippen LogP contribution in [0, 0.1) is 5.92 Å². The molecule has 0 saturated carbocycles. The molecule has 3 N–H and O–H groups in total. The van der Waals surface area contributed by atoms with E-state index >= 15 is 0 Å². The highest BCUT2D eigenvalue weighted by molar-refractivity contribution is 5.60. The lowest BCUT2D eigenvalue weighted by atomic mass is 9.87. The fraction of sp³-hybridized carbons (Fsp3) is 0.263. The third kappa shape index (κ3) is 2.59.